The molecule has 2 aromatic rings. The van der Waals surface area contributed by atoms with Gasteiger partial charge in [-0.1, -0.05) is 22.4 Å². The lowest BCUT2D eigenvalue weighted by Gasteiger charge is -2.08. The van der Waals surface area contributed by atoms with Gasteiger partial charge in [0.2, 0.25) is 0 Å². The topological polar surface area (TPSA) is 96.7 Å². The molecule has 0 radical (unpaired) electrons. The molecule has 0 atom stereocenters. The number of benzene rings is 1. The van der Waals surface area contributed by atoms with Crippen LogP contribution in [0.2, 0.25) is 0 Å². The second kappa shape index (κ2) is 6.01. The van der Waals surface area contributed by atoms with Crippen LogP contribution in [-0.4, -0.2) is 16.2 Å². The number of hydrogen-bond acceptors (Lipinski definition) is 5. The van der Waals surface area contributed by atoms with E-state index in [9.17, 15) is 0 Å². The molecular weight excluding hydrogens is 244 g/mol. The number of aryl methyl sites for hydroxylation is 1. The van der Waals surface area contributed by atoms with Gasteiger partial charge in [0, 0.05) is 18.2 Å². The Morgan fingerprint density at radius 1 is 1.42 bits per heavy atom. The summed E-state index contributed by atoms with van der Waals surface area (Å²) in [6.07, 6.45) is 1.62. The molecule has 0 amide bonds. The Kier molecular flexibility index (Phi) is 4.15. The molecule has 0 saturated heterocycles. The molecule has 19 heavy (non-hydrogen) atoms. The van der Waals surface area contributed by atoms with E-state index in [0.717, 1.165) is 16.9 Å². The molecular formula is C13H16N4O2. The van der Waals surface area contributed by atoms with Crippen LogP contribution in [0, 0.1) is 6.92 Å². The summed E-state index contributed by atoms with van der Waals surface area (Å²) in [5.74, 6) is 0.912. The summed E-state index contributed by atoms with van der Waals surface area (Å²) in [6, 6.07) is 7.49. The van der Waals surface area contributed by atoms with Crippen molar-refractivity contribution in [1.82, 2.24) is 10.5 Å². The third kappa shape index (κ3) is 3.32. The maximum Gasteiger partial charge on any atom is 0.170 e. The normalized spacial score (nSPS) is 11.7. The van der Waals surface area contributed by atoms with Crippen LogP contribution in [0.25, 0.3) is 0 Å². The molecule has 0 bridgehead atoms. The van der Waals surface area contributed by atoms with Gasteiger partial charge in [-0.3, -0.25) is 0 Å². The smallest absolute Gasteiger partial charge is 0.170 e. The van der Waals surface area contributed by atoms with Gasteiger partial charge in [-0.15, -0.1) is 0 Å². The quantitative estimate of drug-likeness (QED) is 0.326. The van der Waals surface area contributed by atoms with E-state index in [0.29, 0.717) is 18.7 Å². The largest absolute Gasteiger partial charge is 0.409 e. The Hall–Kier alpha value is -2.34. The Balaban J connectivity index is 1.97. The van der Waals surface area contributed by atoms with Crippen LogP contribution in [-0.2, 0) is 13.1 Å². The van der Waals surface area contributed by atoms with Crippen LogP contribution in [0.1, 0.15) is 22.5 Å². The number of hydrogen-bond donors (Lipinski definition) is 3. The zero-order chi connectivity index (χ0) is 13.7. The average molecular weight is 260 g/mol. The van der Waals surface area contributed by atoms with Crippen LogP contribution in [0.3, 0.4) is 0 Å². The molecule has 2 rings (SSSR count). The summed E-state index contributed by atoms with van der Waals surface area (Å²) in [6.45, 7) is 3.32. The number of nitrogens with two attached hydrogens (primary N) is 1. The van der Waals surface area contributed by atoms with Crippen LogP contribution in [0.4, 0.5) is 0 Å². The number of aromatic nitrogens is 1. The lowest BCUT2D eigenvalue weighted by atomic mass is 10.0. The number of rotatable bonds is 5. The Labute approximate surface area is 110 Å². The standard InChI is InChI=1S/C13H16N4O2/c1-9-6-10(13(14)17-18)2-3-11(9)7-15-8-12-4-5-16-19-12/h2-6,15,18H,7-8H2,1H3,(H2,14,17). The number of oxime groups is 1. The minimum absolute atomic E-state index is 0.115. The summed E-state index contributed by atoms with van der Waals surface area (Å²) in [4.78, 5) is 0. The summed E-state index contributed by atoms with van der Waals surface area (Å²) >= 11 is 0. The van der Waals surface area contributed by atoms with Crippen LogP contribution in [0.5, 0.6) is 0 Å². The van der Waals surface area contributed by atoms with Gasteiger partial charge >= 0.3 is 0 Å². The third-order valence-electron chi connectivity index (χ3n) is 2.85. The van der Waals surface area contributed by atoms with Crippen molar-refractivity contribution in [2.75, 3.05) is 0 Å². The van der Waals surface area contributed by atoms with E-state index in [-0.39, 0.29) is 5.84 Å². The minimum Gasteiger partial charge on any atom is -0.409 e. The Morgan fingerprint density at radius 3 is 2.89 bits per heavy atom. The fraction of sp³-hybridized carbons (Fsp3) is 0.231. The zero-order valence-corrected chi connectivity index (χ0v) is 10.6. The van der Waals surface area contributed by atoms with E-state index in [1.807, 2.05) is 31.2 Å². The summed E-state index contributed by atoms with van der Waals surface area (Å²) in [7, 11) is 0. The molecule has 1 heterocycles. The first-order valence-electron chi connectivity index (χ1n) is 5.88. The van der Waals surface area contributed by atoms with Gasteiger partial charge in [-0.2, -0.15) is 0 Å². The number of amidine groups is 1. The first-order valence-corrected chi connectivity index (χ1v) is 5.88. The maximum absolute atomic E-state index is 8.63. The highest BCUT2D eigenvalue weighted by Gasteiger charge is 2.04. The first kappa shape index (κ1) is 13.1. The Morgan fingerprint density at radius 2 is 2.26 bits per heavy atom. The van der Waals surface area contributed by atoms with E-state index in [1.165, 1.54) is 0 Å². The maximum atomic E-state index is 8.63. The van der Waals surface area contributed by atoms with Crippen molar-refractivity contribution in [3.63, 3.8) is 0 Å². The van der Waals surface area contributed by atoms with Crippen molar-refractivity contribution in [2.45, 2.75) is 20.0 Å². The van der Waals surface area contributed by atoms with Gasteiger partial charge in [-0.25, -0.2) is 0 Å². The first-order chi connectivity index (χ1) is 9.20. The fourth-order valence-corrected chi connectivity index (χ4v) is 1.76. The highest BCUT2D eigenvalue weighted by molar-refractivity contribution is 5.97. The van der Waals surface area contributed by atoms with Crippen molar-refractivity contribution in [1.29, 1.82) is 0 Å². The van der Waals surface area contributed by atoms with E-state index >= 15 is 0 Å². The van der Waals surface area contributed by atoms with Gasteiger partial charge < -0.3 is 20.8 Å². The van der Waals surface area contributed by atoms with Crippen LogP contribution < -0.4 is 11.1 Å². The minimum atomic E-state index is 0.115. The molecule has 0 spiro atoms. The second-order valence-corrected chi connectivity index (χ2v) is 4.21. The highest BCUT2D eigenvalue weighted by atomic mass is 16.5. The van der Waals surface area contributed by atoms with Crippen LogP contribution in [0.15, 0.2) is 40.1 Å². The monoisotopic (exact) mass is 260 g/mol. The zero-order valence-electron chi connectivity index (χ0n) is 10.6. The SMILES string of the molecule is Cc1cc(/C(N)=N/O)ccc1CNCc1ccno1. The molecule has 0 aliphatic rings. The lowest BCUT2D eigenvalue weighted by molar-refractivity contribution is 0.318. The van der Waals surface area contributed by atoms with Crippen molar-refractivity contribution in [3.8, 4) is 0 Å². The number of nitrogens with zero attached hydrogens (tertiary/aromatic N) is 2. The van der Waals surface area contributed by atoms with Gasteiger partial charge in [-0.05, 0) is 24.1 Å². The van der Waals surface area contributed by atoms with Gasteiger partial charge in [0.15, 0.2) is 5.84 Å². The van der Waals surface area contributed by atoms with E-state index in [4.69, 9.17) is 15.5 Å². The molecule has 1 aromatic heterocycles. The van der Waals surface area contributed by atoms with Gasteiger partial charge in [0.25, 0.3) is 0 Å². The molecule has 6 nitrogen and oxygen atoms in total. The predicted molar refractivity (Wildman–Crippen MR) is 70.7 cm³/mol. The van der Waals surface area contributed by atoms with Crippen molar-refractivity contribution in [3.05, 3.63) is 52.9 Å². The molecule has 0 saturated carbocycles. The molecule has 1 aromatic carbocycles. The molecule has 0 aliphatic heterocycles. The van der Waals surface area contributed by atoms with Gasteiger partial charge in [0.1, 0.15) is 5.76 Å². The molecule has 0 aliphatic carbocycles. The Bertz CT molecular complexity index is 564. The summed E-state index contributed by atoms with van der Waals surface area (Å²) < 4.78 is 4.99. The van der Waals surface area contributed by atoms with E-state index < -0.39 is 0 Å². The average Bonchev–Trinajstić information content (AvgIpc) is 2.93. The van der Waals surface area contributed by atoms with Crippen molar-refractivity contribution >= 4 is 5.84 Å². The van der Waals surface area contributed by atoms with Crippen molar-refractivity contribution in [2.24, 2.45) is 10.9 Å². The van der Waals surface area contributed by atoms with Crippen molar-refractivity contribution < 1.29 is 9.73 Å². The molecule has 0 unspecified atom stereocenters. The summed E-state index contributed by atoms with van der Waals surface area (Å²) in [5, 5.41) is 18.5. The molecule has 100 valence electrons. The highest BCUT2D eigenvalue weighted by Crippen LogP contribution is 2.11. The van der Waals surface area contributed by atoms with Gasteiger partial charge in [0.05, 0.1) is 12.7 Å². The fourth-order valence-electron chi connectivity index (χ4n) is 1.76. The van der Waals surface area contributed by atoms with E-state index in [1.54, 1.807) is 6.20 Å². The summed E-state index contributed by atoms with van der Waals surface area (Å²) in [5.41, 5.74) is 8.48. The lowest BCUT2D eigenvalue weighted by Crippen LogP contribution is -2.15. The third-order valence-corrected chi connectivity index (χ3v) is 2.85. The second-order valence-electron chi connectivity index (χ2n) is 4.21. The number of nitrogens with one attached hydrogen (secondary N) is 1. The van der Waals surface area contributed by atoms with E-state index in [2.05, 4.69) is 15.6 Å². The molecule has 6 heteroatoms. The molecule has 4 N–H and O–H groups in total. The predicted octanol–water partition coefficient (Wildman–Crippen LogP) is 1.37. The van der Waals surface area contributed by atoms with Crippen LogP contribution >= 0.6 is 0 Å². The molecule has 0 fully saturated rings.